The highest BCUT2D eigenvalue weighted by molar-refractivity contribution is 7.92. The number of fused-ring (bicyclic) bond motifs is 1. The van der Waals surface area contributed by atoms with Gasteiger partial charge in [0, 0.05) is 30.2 Å². The zero-order chi connectivity index (χ0) is 20.9. The fourth-order valence-corrected chi connectivity index (χ4v) is 6.70. The Labute approximate surface area is 181 Å². The summed E-state index contributed by atoms with van der Waals surface area (Å²) < 4.78 is 28.5. The number of anilines is 1. The van der Waals surface area contributed by atoms with Gasteiger partial charge in [-0.05, 0) is 56.1 Å². The van der Waals surface area contributed by atoms with E-state index in [0.29, 0.717) is 22.0 Å². The van der Waals surface area contributed by atoms with Crippen LogP contribution in [0.1, 0.15) is 38.5 Å². The Morgan fingerprint density at radius 1 is 1.17 bits per heavy atom. The molecule has 1 N–H and O–H groups in total. The molecule has 30 heavy (non-hydrogen) atoms. The van der Waals surface area contributed by atoms with Crippen molar-refractivity contribution in [3.8, 4) is 0 Å². The number of halogens is 1. The number of hydrogen-bond acceptors (Lipinski definition) is 6. The van der Waals surface area contributed by atoms with Gasteiger partial charge in [-0.2, -0.15) is 4.98 Å². The highest BCUT2D eigenvalue weighted by atomic mass is 35.5. The first-order valence-corrected chi connectivity index (χ1v) is 12.8. The number of aromatic nitrogens is 1. The Balaban J connectivity index is 1.13. The third-order valence-electron chi connectivity index (χ3n) is 7.11. The molecule has 3 aliphatic rings. The van der Waals surface area contributed by atoms with Crippen molar-refractivity contribution >= 4 is 44.5 Å². The second kappa shape index (κ2) is 7.41. The maximum atomic E-state index is 12.2. The van der Waals surface area contributed by atoms with Gasteiger partial charge in [-0.15, -0.1) is 0 Å². The number of carbonyl (C=O) groups excluding carboxylic acids is 1. The van der Waals surface area contributed by atoms with Gasteiger partial charge in [-0.1, -0.05) is 11.6 Å². The molecule has 0 bridgehead atoms. The quantitative estimate of drug-likeness (QED) is 0.770. The number of benzene rings is 1. The van der Waals surface area contributed by atoms with Crippen molar-refractivity contribution in [2.45, 2.75) is 44.6 Å². The average Bonchev–Trinajstić information content (AvgIpc) is 3.11. The molecule has 0 atom stereocenters. The van der Waals surface area contributed by atoms with Crippen LogP contribution in [0, 0.1) is 11.3 Å². The first kappa shape index (κ1) is 20.1. The average molecular weight is 452 g/mol. The normalized spacial score (nSPS) is 24.1. The monoisotopic (exact) mass is 451 g/mol. The zero-order valence-corrected chi connectivity index (χ0v) is 18.3. The van der Waals surface area contributed by atoms with Gasteiger partial charge in [-0.25, -0.2) is 8.42 Å². The number of hydrogen-bond donors (Lipinski definition) is 1. The van der Waals surface area contributed by atoms with E-state index in [4.69, 9.17) is 16.0 Å². The van der Waals surface area contributed by atoms with E-state index in [0.717, 1.165) is 57.1 Å². The standard InChI is InChI=1S/C21H26ClN3O4S/c22-15-1-2-17-18(11-15)29-20(24-17)25-9-7-21(8-10-25)5-3-16(4-6-21)23-19(26)14-12-30(27,28)13-14/h1-2,11,14,16H,3-10,12-13H2,(H,23,26). The summed E-state index contributed by atoms with van der Waals surface area (Å²) in [6, 6.07) is 6.34. The van der Waals surface area contributed by atoms with Crippen LogP contribution in [0.25, 0.3) is 11.1 Å². The van der Waals surface area contributed by atoms with Gasteiger partial charge in [0.2, 0.25) is 5.91 Å². The van der Waals surface area contributed by atoms with Gasteiger partial charge in [0.1, 0.15) is 5.52 Å². The lowest BCUT2D eigenvalue weighted by Gasteiger charge is -2.46. The smallest absolute Gasteiger partial charge is 0.298 e. The van der Waals surface area contributed by atoms with Gasteiger partial charge in [-0.3, -0.25) is 4.79 Å². The zero-order valence-electron chi connectivity index (χ0n) is 16.8. The van der Waals surface area contributed by atoms with Crippen molar-refractivity contribution in [1.29, 1.82) is 0 Å². The Hall–Kier alpha value is -1.80. The largest absolute Gasteiger partial charge is 0.423 e. The van der Waals surface area contributed by atoms with Crippen LogP contribution < -0.4 is 10.2 Å². The van der Waals surface area contributed by atoms with Gasteiger partial charge < -0.3 is 14.6 Å². The molecule has 1 aromatic carbocycles. The molecule has 1 saturated carbocycles. The maximum absolute atomic E-state index is 12.2. The third kappa shape index (κ3) is 3.91. The summed E-state index contributed by atoms with van der Waals surface area (Å²) in [6.07, 6.45) is 6.30. The molecule has 162 valence electrons. The van der Waals surface area contributed by atoms with Crippen LogP contribution in [0.2, 0.25) is 5.02 Å². The van der Waals surface area contributed by atoms with Crippen LogP contribution in [-0.2, 0) is 14.6 Å². The van der Waals surface area contributed by atoms with Crippen LogP contribution >= 0.6 is 11.6 Å². The summed E-state index contributed by atoms with van der Waals surface area (Å²) in [6.45, 7) is 1.83. The number of sulfone groups is 1. The number of nitrogens with zero attached hydrogens (tertiary/aromatic N) is 2. The summed E-state index contributed by atoms with van der Waals surface area (Å²) in [4.78, 5) is 19.1. The number of rotatable bonds is 3. The molecule has 3 heterocycles. The lowest BCUT2D eigenvalue weighted by molar-refractivity contribution is -0.125. The van der Waals surface area contributed by atoms with E-state index in [9.17, 15) is 13.2 Å². The molecule has 0 radical (unpaired) electrons. The van der Waals surface area contributed by atoms with E-state index < -0.39 is 9.84 Å². The Kier molecular flexibility index (Phi) is 4.97. The first-order valence-electron chi connectivity index (χ1n) is 10.6. The number of nitrogens with one attached hydrogen (secondary N) is 1. The van der Waals surface area contributed by atoms with E-state index in [1.165, 1.54) is 0 Å². The molecule has 0 unspecified atom stereocenters. The predicted octanol–water partition coefficient (Wildman–Crippen LogP) is 3.17. The minimum Gasteiger partial charge on any atom is -0.423 e. The molecule has 1 spiro atoms. The Morgan fingerprint density at radius 2 is 1.87 bits per heavy atom. The van der Waals surface area contributed by atoms with Gasteiger partial charge in [0.15, 0.2) is 15.4 Å². The van der Waals surface area contributed by atoms with Crippen molar-refractivity contribution in [2.75, 3.05) is 29.5 Å². The SMILES string of the molecule is O=C(NC1CCC2(CC1)CCN(c1nc3ccc(Cl)cc3o1)CC2)C1CS(=O)(=O)C1. The number of piperidine rings is 1. The summed E-state index contributed by atoms with van der Waals surface area (Å²) in [5, 5.41) is 3.73. The van der Waals surface area contributed by atoms with Crippen molar-refractivity contribution in [3.63, 3.8) is 0 Å². The summed E-state index contributed by atoms with van der Waals surface area (Å²) in [5.41, 5.74) is 1.87. The molecular formula is C21H26ClN3O4S. The Bertz CT molecular complexity index is 1050. The number of carbonyl (C=O) groups is 1. The molecule has 9 heteroatoms. The van der Waals surface area contributed by atoms with E-state index in [2.05, 4.69) is 15.2 Å². The molecule has 2 saturated heterocycles. The fraction of sp³-hybridized carbons (Fsp3) is 0.619. The van der Waals surface area contributed by atoms with Crippen LogP contribution in [0.4, 0.5) is 6.01 Å². The summed E-state index contributed by atoms with van der Waals surface area (Å²) in [7, 11) is -2.96. The van der Waals surface area contributed by atoms with Crippen LogP contribution in [0.15, 0.2) is 22.6 Å². The van der Waals surface area contributed by atoms with Crippen LogP contribution in [0.3, 0.4) is 0 Å². The van der Waals surface area contributed by atoms with E-state index in [1.54, 1.807) is 6.07 Å². The van der Waals surface area contributed by atoms with Crippen molar-refractivity contribution in [3.05, 3.63) is 23.2 Å². The van der Waals surface area contributed by atoms with E-state index >= 15 is 0 Å². The van der Waals surface area contributed by atoms with Crippen LogP contribution in [-0.4, -0.2) is 49.9 Å². The topological polar surface area (TPSA) is 92.5 Å². The molecule has 7 nitrogen and oxygen atoms in total. The Morgan fingerprint density at radius 3 is 2.53 bits per heavy atom. The van der Waals surface area contributed by atoms with Crippen molar-refractivity contribution in [2.24, 2.45) is 11.3 Å². The van der Waals surface area contributed by atoms with Crippen molar-refractivity contribution in [1.82, 2.24) is 10.3 Å². The van der Waals surface area contributed by atoms with E-state index in [-0.39, 0.29) is 29.4 Å². The highest BCUT2D eigenvalue weighted by Crippen LogP contribution is 2.45. The number of amides is 1. The second-order valence-electron chi connectivity index (χ2n) is 9.15. The molecule has 3 fully saturated rings. The molecule has 2 aromatic rings. The lowest BCUT2D eigenvalue weighted by atomic mass is 9.67. The van der Waals surface area contributed by atoms with Crippen LogP contribution in [0.5, 0.6) is 0 Å². The van der Waals surface area contributed by atoms with Gasteiger partial charge >= 0.3 is 0 Å². The maximum Gasteiger partial charge on any atom is 0.298 e. The third-order valence-corrected chi connectivity index (χ3v) is 9.16. The predicted molar refractivity (Wildman–Crippen MR) is 115 cm³/mol. The first-order chi connectivity index (χ1) is 14.3. The van der Waals surface area contributed by atoms with E-state index in [1.807, 2.05) is 12.1 Å². The molecule has 1 aromatic heterocycles. The second-order valence-corrected chi connectivity index (χ2v) is 11.7. The molecule has 1 aliphatic carbocycles. The molecule has 1 amide bonds. The summed E-state index contributed by atoms with van der Waals surface area (Å²) in [5.74, 6) is -0.419. The minimum atomic E-state index is -2.96. The lowest BCUT2D eigenvalue weighted by Crippen LogP contribution is -2.51. The fourth-order valence-electron chi connectivity index (χ4n) is 5.10. The van der Waals surface area contributed by atoms with Gasteiger partial charge in [0.05, 0.1) is 17.4 Å². The summed E-state index contributed by atoms with van der Waals surface area (Å²) >= 11 is 6.04. The number of oxazole rings is 1. The van der Waals surface area contributed by atoms with Crippen molar-refractivity contribution < 1.29 is 17.6 Å². The minimum absolute atomic E-state index is 0.00730. The molecular weight excluding hydrogens is 426 g/mol. The molecule has 2 aliphatic heterocycles. The highest BCUT2D eigenvalue weighted by Gasteiger charge is 2.42. The molecule has 5 rings (SSSR count). The van der Waals surface area contributed by atoms with Gasteiger partial charge in [0.25, 0.3) is 6.01 Å².